The van der Waals surface area contributed by atoms with Crippen molar-refractivity contribution < 1.29 is 33.4 Å². The molecular formula is C30H30ClFN4O6. The van der Waals surface area contributed by atoms with Crippen LogP contribution in [0.4, 0.5) is 10.1 Å². The maximum absolute atomic E-state index is 15.3. The summed E-state index contributed by atoms with van der Waals surface area (Å²) in [6.07, 6.45) is 3.77. The van der Waals surface area contributed by atoms with Crippen LogP contribution in [0.1, 0.15) is 44.1 Å². The van der Waals surface area contributed by atoms with Crippen LogP contribution in [0.2, 0.25) is 5.02 Å². The number of pyridine rings is 2. The van der Waals surface area contributed by atoms with Crippen LogP contribution >= 0.6 is 11.6 Å². The molecule has 1 atom stereocenters. The summed E-state index contributed by atoms with van der Waals surface area (Å²) < 4.78 is 26.8. The highest BCUT2D eigenvalue weighted by Gasteiger charge is 2.45. The molecule has 0 aliphatic carbocycles. The first-order valence-electron chi connectivity index (χ1n) is 13.5. The first kappa shape index (κ1) is 29.2. The van der Waals surface area contributed by atoms with E-state index < -0.39 is 29.2 Å². The van der Waals surface area contributed by atoms with Gasteiger partial charge in [-0.2, -0.15) is 0 Å². The molecule has 2 aliphatic heterocycles. The molecule has 0 radical (unpaired) electrons. The standard InChI is InChI=1S/C30H30ClFN4O6/c1-17(28(38)39)16-41-24-7-5-4-6-21(24)18-12-22(32)25(33-14-18)27(37)35-10-8-20(9-11-35)36-23-13-19(31)15-34-26(23)42-30(2,3)29(36)40/h4-7,12-15,17,20H,8-11,16H2,1-3H3,(H,38,39)/t17-/m0/s1. The van der Waals surface area contributed by atoms with Crippen molar-refractivity contribution in [2.24, 2.45) is 5.92 Å². The summed E-state index contributed by atoms with van der Waals surface area (Å²) in [5.74, 6) is -2.57. The molecule has 1 fully saturated rings. The number of piperidine rings is 1. The summed E-state index contributed by atoms with van der Waals surface area (Å²) in [5, 5.41) is 9.50. The zero-order valence-electron chi connectivity index (χ0n) is 23.3. The third kappa shape index (κ3) is 5.74. The number of rotatable bonds is 7. The van der Waals surface area contributed by atoms with Crippen LogP contribution in [0.3, 0.4) is 0 Å². The van der Waals surface area contributed by atoms with Gasteiger partial charge < -0.3 is 24.4 Å². The number of amides is 2. The minimum atomic E-state index is -1.12. The molecule has 42 heavy (non-hydrogen) atoms. The van der Waals surface area contributed by atoms with E-state index in [1.165, 1.54) is 30.3 Å². The Bertz CT molecular complexity index is 1540. The summed E-state index contributed by atoms with van der Waals surface area (Å²) in [4.78, 5) is 49.4. The summed E-state index contributed by atoms with van der Waals surface area (Å²) in [7, 11) is 0. The Morgan fingerprint density at radius 3 is 2.60 bits per heavy atom. The van der Waals surface area contributed by atoms with Gasteiger partial charge in [-0.3, -0.25) is 14.4 Å². The number of hydrogen-bond acceptors (Lipinski definition) is 7. The molecule has 0 spiro atoms. The molecule has 10 nitrogen and oxygen atoms in total. The lowest BCUT2D eigenvalue weighted by Gasteiger charge is -2.44. The number of aromatic nitrogens is 2. The van der Waals surface area contributed by atoms with E-state index in [1.54, 1.807) is 49.1 Å². The maximum Gasteiger partial charge on any atom is 0.309 e. The average Bonchev–Trinajstić information content (AvgIpc) is 2.96. The number of nitrogens with zero attached hydrogens (tertiary/aromatic N) is 4. The Morgan fingerprint density at radius 2 is 1.90 bits per heavy atom. The molecule has 3 aromatic rings. The molecule has 4 heterocycles. The summed E-state index contributed by atoms with van der Waals surface area (Å²) in [6, 6.07) is 9.47. The number of carboxylic acid groups (broad SMARTS) is 1. The first-order valence-corrected chi connectivity index (χ1v) is 13.9. The van der Waals surface area contributed by atoms with E-state index in [9.17, 15) is 14.4 Å². The van der Waals surface area contributed by atoms with Crippen LogP contribution < -0.4 is 14.4 Å². The number of fused-ring (bicyclic) bond motifs is 1. The average molecular weight is 597 g/mol. The molecule has 0 unspecified atom stereocenters. The van der Waals surface area contributed by atoms with Crippen LogP contribution in [0.5, 0.6) is 11.6 Å². The second kappa shape index (κ2) is 11.6. The van der Waals surface area contributed by atoms with Crippen LogP contribution in [0, 0.1) is 11.7 Å². The Labute approximate surface area is 247 Å². The Balaban J connectivity index is 1.29. The number of para-hydroxylation sites is 1. The SMILES string of the molecule is C[C@@H](COc1ccccc1-c1cnc(C(=O)N2CCC(N3C(=O)C(C)(C)Oc4ncc(Cl)cc43)CC2)c(F)c1)C(=O)O. The number of likely N-dealkylation sites (tertiary alicyclic amines) is 1. The predicted molar refractivity (Wildman–Crippen MR) is 152 cm³/mol. The van der Waals surface area contributed by atoms with Crippen molar-refractivity contribution in [1.29, 1.82) is 0 Å². The van der Waals surface area contributed by atoms with E-state index in [-0.39, 0.29) is 24.2 Å². The normalized spacial score (nSPS) is 17.3. The van der Waals surface area contributed by atoms with Crippen LogP contribution in [-0.4, -0.2) is 69.1 Å². The minimum Gasteiger partial charge on any atom is -0.492 e. The van der Waals surface area contributed by atoms with E-state index >= 15 is 4.39 Å². The van der Waals surface area contributed by atoms with Crippen molar-refractivity contribution >= 4 is 35.1 Å². The Hall–Kier alpha value is -4.25. The highest BCUT2D eigenvalue weighted by molar-refractivity contribution is 6.31. The molecule has 1 N–H and O–H groups in total. The number of aliphatic carboxylic acids is 1. The summed E-state index contributed by atoms with van der Waals surface area (Å²) in [5.41, 5.74) is -0.0233. The van der Waals surface area contributed by atoms with Crippen molar-refractivity contribution in [3.63, 3.8) is 0 Å². The zero-order chi connectivity index (χ0) is 30.2. The number of hydrogen-bond donors (Lipinski definition) is 1. The van der Waals surface area contributed by atoms with Crippen LogP contribution in [0.25, 0.3) is 11.1 Å². The van der Waals surface area contributed by atoms with E-state index in [4.69, 9.17) is 26.2 Å². The van der Waals surface area contributed by atoms with Gasteiger partial charge in [0.25, 0.3) is 11.8 Å². The third-order valence-corrected chi connectivity index (χ3v) is 7.62. The lowest BCUT2D eigenvalue weighted by atomic mass is 9.97. The molecular weight excluding hydrogens is 567 g/mol. The number of carbonyl (C=O) groups excluding carboxylic acids is 2. The van der Waals surface area contributed by atoms with Gasteiger partial charge in [-0.1, -0.05) is 29.8 Å². The molecule has 0 bridgehead atoms. The van der Waals surface area contributed by atoms with Crippen LogP contribution in [-0.2, 0) is 9.59 Å². The highest BCUT2D eigenvalue weighted by Crippen LogP contribution is 2.40. The molecule has 2 aliphatic rings. The number of carbonyl (C=O) groups is 3. The van der Waals surface area contributed by atoms with Crippen molar-refractivity contribution in [1.82, 2.24) is 14.9 Å². The number of ether oxygens (including phenoxy) is 2. The predicted octanol–water partition coefficient (Wildman–Crippen LogP) is 4.84. The molecule has 2 aromatic heterocycles. The van der Waals surface area contributed by atoms with Crippen molar-refractivity contribution in [2.45, 2.75) is 45.3 Å². The molecule has 220 valence electrons. The van der Waals surface area contributed by atoms with Crippen molar-refractivity contribution in [3.8, 4) is 22.8 Å². The van der Waals surface area contributed by atoms with Gasteiger partial charge in [0.05, 0.1) is 10.9 Å². The quantitative estimate of drug-likeness (QED) is 0.411. The van der Waals surface area contributed by atoms with Gasteiger partial charge in [0.15, 0.2) is 17.1 Å². The van der Waals surface area contributed by atoms with Crippen molar-refractivity contribution in [3.05, 3.63) is 65.3 Å². The first-order chi connectivity index (χ1) is 20.0. The summed E-state index contributed by atoms with van der Waals surface area (Å²) >= 11 is 6.17. The summed E-state index contributed by atoms with van der Waals surface area (Å²) in [6.45, 7) is 5.41. The van der Waals surface area contributed by atoms with Gasteiger partial charge in [0.1, 0.15) is 18.0 Å². The van der Waals surface area contributed by atoms with E-state index in [0.717, 1.165) is 0 Å². The Kier molecular flexibility index (Phi) is 8.05. The monoisotopic (exact) mass is 596 g/mol. The number of anilines is 1. The van der Waals surface area contributed by atoms with Crippen molar-refractivity contribution in [2.75, 3.05) is 24.6 Å². The lowest BCUT2D eigenvalue weighted by Crippen LogP contribution is -2.58. The maximum atomic E-state index is 15.3. The third-order valence-electron chi connectivity index (χ3n) is 7.41. The minimum absolute atomic E-state index is 0.0581. The smallest absolute Gasteiger partial charge is 0.309 e. The van der Waals surface area contributed by atoms with Gasteiger partial charge in [0, 0.05) is 42.7 Å². The molecule has 2 amide bonds. The number of benzene rings is 1. The van der Waals surface area contributed by atoms with E-state index in [0.29, 0.717) is 59.4 Å². The van der Waals surface area contributed by atoms with Gasteiger partial charge in [-0.25, -0.2) is 14.4 Å². The fourth-order valence-electron chi connectivity index (χ4n) is 5.05. The fourth-order valence-corrected chi connectivity index (χ4v) is 5.20. The topological polar surface area (TPSA) is 122 Å². The second-order valence-corrected chi connectivity index (χ2v) is 11.3. The van der Waals surface area contributed by atoms with E-state index in [2.05, 4.69) is 9.97 Å². The van der Waals surface area contributed by atoms with Gasteiger partial charge in [-0.05, 0) is 51.8 Å². The molecule has 12 heteroatoms. The highest BCUT2D eigenvalue weighted by atomic mass is 35.5. The number of halogens is 2. The molecule has 0 saturated carbocycles. The number of carboxylic acids is 1. The molecule has 5 rings (SSSR count). The largest absolute Gasteiger partial charge is 0.492 e. The van der Waals surface area contributed by atoms with Gasteiger partial charge >= 0.3 is 5.97 Å². The van der Waals surface area contributed by atoms with Gasteiger partial charge in [-0.15, -0.1) is 0 Å². The molecule has 1 aromatic carbocycles. The van der Waals surface area contributed by atoms with Crippen LogP contribution in [0.15, 0.2) is 48.8 Å². The van der Waals surface area contributed by atoms with E-state index in [1.807, 2.05) is 0 Å². The fraction of sp³-hybridized carbons (Fsp3) is 0.367. The van der Waals surface area contributed by atoms with Gasteiger partial charge in [0.2, 0.25) is 5.88 Å². The lowest BCUT2D eigenvalue weighted by molar-refractivity contribution is -0.142. The Morgan fingerprint density at radius 1 is 1.19 bits per heavy atom. The second-order valence-electron chi connectivity index (χ2n) is 10.9. The molecule has 1 saturated heterocycles. The zero-order valence-corrected chi connectivity index (χ0v) is 24.1.